The van der Waals surface area contributed by atoms with Crippen molar-refractivity contribution in [3.8, 4) is 0 Å². The van der Waals surface area contributed by atoms with E-state index in [2.05, 4.69) is 28.6 Å². The SMILES string of the molecule is NCC(=O)NCC(=O)NC(CS)C(=O)NC(Cc1ccccc1)C(=O)O. The van der Waals surface area contributed by atoms with Gasteiger partial charge in [-0.3, -0.25) is 14.4 Å². The summed E-state index contributed by atoms with van der Waals surface area (Å²) in [4.78, 5) is 46.4. The highest BCUT2D eigenvalue weighted by Crippen LogP contribution is 2.04. The third-order valence-corrected chi connectivity index (χ3v) is 3.73. The fourth-order valence-corrected chi connectivity index (χ4v) is 2.27. The van der Waals surface area contributed by atoms with E-state index >= 15 is 0 Å². The van der Waals surface area contributed by atoms with Crippen molar-refractivity contribution < 1.29 is 24.3 Å². The van der Waals surface area contributed by atoms with E-state index in [1.807, 2.05) is 0 Å². The fraction of sp³-hybridized carbons (Fsp3) is 0.375. The standard InChI is InChI=1S/C16H22N4O5S/c17-7-13(21)18-8-14(22)19-12(9-26)15(23)20-11(16(24)25)6-10-4-2-1-3-5-10/h1-5,11-12,26H,6-9,17H2,(H,18,21)(H,19,22)(H,20,23)(H,24,25). The zero-order valence-electron chi connectivity index (χ0n) is 14.0. The first-order chi connectivity index (χ1) is 12.4. The predicted molar refractivity (Wildman–Crippen MR) is 97.6 cm³/mol. The highest BCUT2D eigenvalue weighted by Gasteiger charge is 2.26. The van der Waals surface area contributed by atoms with Crippen LogP contribution in [-0.2, 0) is 25.6 Å². The van der Waals surface area contributed by atoms with Gasteiger partial charge in [-0.15, -0.1) is 0 Å². The first-order valence-electron chi connectivity index (χ1n) is 7.81. The van der Waals surface area contributed by atoms with E-state index in [0.717, 1.165) is 5.56 Å². The molecule has 1 aromatic carbocycles. The topological polar surface area (TPSA) is 151 Å². The molecule has 0 heterocycles. The molecule has 0 fully saturated rings. The number of rotatable bonds is 10. The molecule has 2 atom stereocenters. The molecule has 0 aliphatic rings. The van der Waals surface area contributed by atoms with Crippen LogP contribution in [0.2, 0.25) is 0 Å². The number of carbonyl (C=O) groups is 4. The van der Waals surface area contributed by atoms with Gasteiger partial charge in [-0.1, -0.05) is 30.3 Å². The van der Waals surface area contributed by atoms with Crippen molar-refractivity contribution in [3.63, 3.8) is 0 Å². The number of thiol groups is 1. The maximum absolute atomic E-state index is 12.3. The second-order valence-electron chi connectivity index (χ2n) is 5.37. The van der Waals surface area contributed by atoms with Gasteiger partial charge in [0.2, 0.25) is 17.7 Å². The molecule has 26 heavy (non-hydrogen) atoms. The van der Waals surface area contributed by atoms with Gasteiger partial charge < -0.3 is 26.8 Å². The van der Waals surface area contributed by atoms with Gasteiger partial charge in [-0.05, 0) is 5.56 Å². The molecule has 6 N–H and O–H groups in total. The number of nitrogens with two attached hydrogens (primary N) is 1. The Morgan fingerprint density at radius 3 is 2.23 bits per heavy atom. The van der Waals surface area contributed by atoms with Gasteiger partial charge >= 0.3 is 5.97 Å². The van der Waals surface area contributed by atoms with E-state index in [1.54, 1.807) is 30.3 Å². The third-order valence-electron chi connectivity index (χ3n) is 3.36. The first-order valence-corrected chi connectivity index (χ1v) is 8.44. The molecular weight excluding hydrogens is 360 g/mol. The van der Waals surface area contributed by atoms with E-state index in [4.69, 9.17) is 5.73 Å². The molecular formula is C16H22N4O5S. The number of hydrogen-bond donors (Lipinski definition) is 6. The molecule has 0 radical (unpaired) electrons. The largest absolute Gasteiger partial charge is 0.480 e. The van der Waals surface area contributed by atoms with Crippen LogP contribution < -0.4 is 21.7 Å². The Morgan fingerprint density at radius 2 is 1.69 bits per heavy atom. The van der Waals surface area contributed by atoms with Crippen LogP contribution in [0.1, 0.15) is 5.56 Å². The number of carboxylic acid groups (broad SMARTS) is 1. The zero-order chi connectivity index (χ0) is 19.5. The van der Waals surface area contributed by atoms with Crippen molar-refractivity contribution >= 4 is 36.3 Å². The monoisotopic (exact) mass is 382 g/mol. The molecule has 1 aromatic rings. The summed E-state index contributed by atoms with van der Waals surface area (Å²) in [6, 6.07) is 6.64. The first kappa shape index (κ1) is 21.5. The predicted octanol–water partition coefficient (Wildman–Crippen LogP) is -1.71. The van der Waals surface area contributed by atoms with Crippen molar-refractivity contribution in [2.75, 3.05) is 18.8 Å². The molecule has 10 heteroatoms. The molecule has 0 saturated carbocycles. The summed E-state index contributed by atoms with van der Waals surface area (Å²) in [6.07, 6.45) is 0.0989. The molecule has 0 aliphatic carbocycles. The summed E-state index contributed by atoms with van der Waals surface area (Å²) in [5.41, 5.74) is 5.85. The average molecular weight is 382 g/mol. The van der Waals surface area contributed by atoms with Gasteiger partial charge in [0.25, 0.3) is 0 Å². The molecule has 3 amide bonds. The second kappa shape index (κ2) is 11.1. The number of aliphatic carboxylic acids is 1. The van der Waals surface area contributed by atoms with Gasteiger partial charge in [0.1, 0.15) is 12.1 Å². The van der Waals surface area contributed by atoms with Crippen molar-refractivity contribution in [2.45, 2.75) is 18.5 Å². The van der Waals surface area contributed by atoms with Crippen molar-refractivity contribution in [3.05, 3.63) is 35.9 Å². The number of carbonyl (C=O) groups excluding carboxylic acids is 3. The average Bonchev–Trinajstić information content (AvgIpc) is 2.64. The summed E-state index contributed by atoms with van der Waals surface area (Å²) in [6.45, 7) is -0.608. The summed E-state index contributed by atoms with van der Waals surface area (Å²) < 4.78 is 0. The molecule has 0 aromatic heterocycles. The van der Waals surface area contributed by atoms with Crippen LogP contribution in [0.15, 0.2) is 30.3 Å². The lowest BCUT2D eigenvalue weighted by Gasteiger charge is -2.20. The smallest absolute Gasteiger partial charge is 0.326 e. The van der Waals surface area contributed by atoms with Crippen LogP contribution in [0.3, 0.4) is 0 Å². The maximum Gasteiger partial charge on any atom is 0.326 e. The number of amides is 3. The second-order valence-corrected chi connectivity index (χ2v) is 5.74. The molecule has 1 rings (SSSR count). The summed E-state index contributed by atoms with van der Waals surface area (Å²) >= 11 is 4.00. The number of benzene rings is 1. The highest BCUT2D eigenvalue weighted by molar-refractivity contribution is 7.80. The van der Waals surface area contributed by atoms with E-state index in [9.17, 15) is 24.3 Å². The Kier molecular flexibility index (Phi) is 9.17. The van der Waals surface area contributed by atoms with Gasteiger partial charge in [0, 0.05) is 12.2 Å². The summed E-state index contributed by atoms with van der Waals surface area (Å²) in [5, 5.41) is 16.3. The lowest BCUT2D eigenvalue weighted by Crippen LogP contribution is -2.54. The molecule has 0 saturated heterocycles. The van der Waals surface area contributed by atoms with E-state index < -0.39 is 35.8 Å². The fourth-order valence-electron chi connectivity index (χ4n) is 2.01. The van der Waals surface area contributed by atoms with Crippen molar-refractivity contribution in [1.82, 2.24) is 16.0 Å². The number of nitrogens with one attached hydrogen (secondary N) is 3. The Labute approximate surface area is 156 Å². The zero-order valence-corrected chi connectivity index (χ0v) is 14.9. The van der Waals surface area contributed by atoms with Crippen LogP contribution in [0.5, 0.6) is 0 Å². The summed E-state index contributed by atoms with van der Waals surface area (Å²) in [5.74, 6) is -3.04. The van der Waals surface area contributed by atoms with E-state index in [1.165, 1.54) is 0 Å². The Bertz CT molecular complexity index is 641. The van der Waals surface area contributed by atoms with Crippen molar-refractivity contribution in [2.24, 2.45) is 5.73 Å². The van der Waals surface area contributed by atoms with Crippen LogP contribution in [0.25, 0.3) is 0 Å². The van der Waals surface area contributed by atoms with Gasteiger partial charge in [-0.25, -0.2) is 4.79 Å². The minimum Gasteiger partial charge on any atom is -0.480 e. The maximum atomic E-state index is 12.3. The van der Waals surface area contributed by atoms with E-state index in [-0.39, 0.29) is 25.3 Å². The molecule has 142 valence electrons. The molecule has 9 nitrogen and oxygen atoms in total. The van der Waals surface area contributed by atoms with Crippen LogP contribution in [0, 0.1) is 0 Å². The Morgan fingerprint density at radius 1 is 1.04 bits per heavy atom. The lowest BCUT2D eigenvalue weighted by atomic mass is 10.1. The molecule has 0 spiro atoms. The summed E-state index contributed by atoms with van der Waals surface area (Å²) in [7, 11) is 0. The number of hydrogen-bond acceptors (Lipinski definition) is 6. The Hall–Kier alpha value is -2.59. The third kappa shape index (κ3) is 7.53. The minimum atomic E-state index is -1.19. The normalized spacial score (nSPS) is 12.5. The Balaban J connectivity index is 2.63. The van der Waals surface area contributed by atoms with Gasteiger partial charge in [0.15, 0.2) is 0 Å². The van der Waals surface area contributed by atoms with E-state index in [0.29, 0.717) is 0 Å². The highest BCUT2D eigenvalue weighted by atomic mass is 32.1. The molecule has 0 aliphatic heterocycles. The lowest BCUT2D eigenvalue weighted by molar-refractivity contribution is -0.142. The van der Waals surface area contributed by atoms with Crippen molar-refractivity contribution in [1.29, 1.82) is 0 Å². The van der Waals surface area contributed by atoms with Gasteiger partial charge in [0.05, 0.1) is 13.1 Å². The van der Waals surface area contributed by atoms with Gasteiger partial charge in [-0.2, -0.15) is 12.6 Å². The number of carboxylic acids is 1. The minimum absolute atomic E-state index is 0.0416. The van der Waals surface area contributed by atoms with Crippen LogP contribution >= 0.6 is 12.6 Å². The van der Waals surface area contributed by atoms with Crippen LogP contribution in [-0.4, -0.2) is 59.7 Å². The molecule has 2 unspecified atom stereocenters. The quantitative estimate of drug-likeness (QED) is 0.265. The van der Waals surface area contributed by atoms with Crippen LogP contribution in [0.4, 0.5) is 0 Å². The molecule has 0 bridgehead atoms.